The number of oxime groups is 1. The lowest BCUT2D eigenvalue weighted by molar-refractivity contribution is -0.129. The molecule has 3 rings (SSSR count). The van der Waals surface area contributed by atoms with Crippen LogP contribution in [0, 0.1) is 0 Å². The zero-order chi connectivity index (χ0) is 17.6. The van der Waals surface area contributed by atoms with E-state index in [9.17, 15) is 4.79 Å². The third kappa shape index (κ3) is 4.00. The number of carboxylic acid groups (broad SMARTS) is 1. The molecule has 0 aliphatic carbocycles. The van der Waals surface area contributed by atoms with E-state index in [0.29, 0.717) is 6.04 Å². The quantitative estimate of drug-likeness (QED) is 0.907. The number of hydrogen-bond donors (Lipinski definition) is 2. The van der Waals surface area contributed by atoms with E-state index in [-0.39, 0.29) is 12.1 Å². The molecule has 1 aliphatic heterocycles. The van der Waals surface area contributed by atoms with Crippen LogP contribution in [0.4, 0.5) is 0 Å². The van der Waals surface area contributed by atoms with Gasteiger partial charge >= 0.3 is 5.97 Å². The molecule has 0 saturated heterocycles. The smallest absolute Gasteiger partial charge is 0.353 e. The van der Waals surface area contributed by atoms with Gasteiger partial charge in [0.15, 0.2) is 11.3 Å². The van der Waals surface area contributed by atoms with E-state index in [1.807, 2.05) is 74.5 Å². The standard InChI is InChI=1S/C16H13NO3.C3H9N/c18-15(19)14-11-16(20-17-14,12-7-3-1-4-8-12)13-9-5-2-6-10-13;1-3(2)4/h1-10H,11H2,(H,18,19);3H,4H2,1-2H3. The van der Waals surface area contributed by atoms with Crippen LogP contribution in [0.15, 0.2) is 65.8 Å². The first-order valence-electron chi connectivity index (χ1n) is 7.80. The van der Waals surface area contributed by atoms with Crippen molar-refractivity contribution < 1.29 is 14.7 Å². The van der Waals surface area contributed by atoms with Crippen LogP contribution in [0.5, 0.6) is 0 Å². The zero-order valence-electron chi connectivity index (χ0n) is 13.8. The molecule has 0 unspecified atom stereocenters. The highest BCUT2D eigenvalue weighted by Gasteiger charge is 2.44. The van der Waals surface area contributed by atoms with Gasteiger partial charge < -0.3 is 15.7 Å². The molecule has 1 aliphatic rings. The summed E-state index contributed by atoms with van der Waals surface area (Å²) in [5, 5.41) is 12.9. The van der Waals surface area contributed by atoms with Gasteiger partial charge in [0.1, 0.15) is 0 Å². The van der Waals surface area contributed by atoms with E-state index in [1.165, 1.54) is 0 Å². The van der Waals surface area contributed by atoms with Crippen LogP contribution in [-0.4, -0.2) is 22.8 Å². The van der Waals surface area contributed by atoms with Crippen molar-refractivity contribution in [1.29, 1.82) is 0 Å². The predicted molar refractivity (Wildman–Crippen MR) is 93.8 cm³/mol. The minimum atomic E-state index is -1.04. The Hall–Kier alpha value is -2.66. The zero-order valence-corrected chi connectivity index (χ0v) is 13.8. The van der Waals surface area contributed by atoms with Crippen molar-refractivity contribution in [3.63, 3.8) is 0 Å². The SMILES string of the molecule is CC(C)N.O=C(O)C1=NOC(c2ccccc2)(c2ccccc2)C1. The van der Waals surface area contributed by atoms with Crippen LogP contribution in [0.2, 0.25) is 0 Å². The van der Waals surface area contributed by atoms with Gasteiger partial charge in [0.05, 0.1) is 6.42 Å². The number of nitrogens with zero attached hydrogens (tertiary/aromatic N) is 1. The van der Waals surface area contributed by atoms with Gasteiger partial charge in [-0.1, -0.05) is 79.7 Å². The normalized spacial score (nSPS) is 15.1. The van der Waals surface area contributed by atoms with Crippen LogP contribution in [-0.2, 0) is 15.2 Å². The van der Waals surface area contributed by atoms with Gasteiger partial charge in [-0.15, -0.1) is 0 Å². The highest BCUT2D eigenvalue weighted by atomic mass is 16.7. The summed E-state index contributed by atoms with van der Waals surface area (Å²) >= 11 is 0. The second-order valence-electron chi connectivity index (χ2n) is 5.91. The molecule has 24 heavy (non-hydrogen) atoms. The average molecular weight is 326 g/mol. The lowest BCUT2D eigenvalue weighted by Crippen LogP contribution is -2.29. The molecule has 0 aromatic heterocycles. The van der Waals surface area contributed by atoms with Crippen LogP contribution in [0.1, 0.15) is 31.4 Å². The first-order chi connectivity index (χ1) is 11.5. The second kappa shape index (κ2) is 7.75. The van der Waals surface area contributed by atoms with Crippen molar-refractivity contribution in [2.24, 2.45) is 10.9 Å². The van der Waals surface area contributed by atoms with Crippen LogP contribution in [0.25, 0.3) is 0 Å². The molecular weight excluding hydrogens is 304 g/mol. The minimum Gasteiger partial charge on any atom is -0.477 e. The maximum atomic E-state index is 11.1. The molecule has 1 heterocycles. The molecular formula is C19H22N2O3. The Bertz CT molecular complexity index is 655. The van der Waals surface area contributed by atoms with Crippen molar-refractivity contribution >= 4 is 11.7 Å². The van der Waals surface area contributed by atoms with Gasteiger partial charge in [-0.2, -0.15) is 0 Å². The summed E-state index contributed by atoms with van der Waals surface area (Å²) in [4.78, 5) is 16.7. The molecule has 0 fully saturated rings. The molecule has 2 aromatic carbocycles. The van der Waals surface area contributed by atoms with Gasteiger partial charge in [-0.3, -0.25) is 0 Å². The first-order valence-corrected chi connectivity index (χ1v) is 7.80. The highest BCUT2D eigenvalue weighted by molar-refractivity contribution is 6.36. The van der Waals surface area contributed by atoms with Crippen molar-refractivity contribution in [1.82, 2.24) is 0 Å². The molecule has 0 bridgehead atoms. The monoisotopic (exact) mass is 326 g/mol. The fourth-order valence-corrected chi connectivity index (χ4v) is 2.44. The van der Waals surface area contributed by atoms with Gasteiger partial charge in [0, 0.05) is 11.1 Å². The molecule has 0 saturated carbocycles. The molecule has 5 nitrogen and oxygen atoms in total. The minimum absolute atomic E-state index is 0.0395. The number of nitrogens with two attached hydrogens (primary N) is 1. The number of carbonyl (C=O) groups is 1. The Morgan fingerprint density at radius 2 is 1.50 bits per heavy atom. The molecule has 126 valence electrons. The Balaban J connectivity index is 0.000000471. The molecule has 2 aromatic rings. The predicted octanol–water partition coefficient (Wildman–Crippen LogP) is 3.14. The van der Waals surface area contributed by atoms with Crippen LogP contribution >= 0.6 is 0 Å². The Labute approximate surface area is 141 Å². The third-order valence-corrected chi connectivity index (χ3v) is 3.46. The van der Waals surface area contributed by atoms with E-state index in [4.69, 9.17) is 15.7 Å². The molecule has 0 spiro atoms. The fraction of sp³-hybridized carbons (Fsp3) is 0.263. The van der Waals surface area contributed by atoms with E-state index < -0.39 is 11.6 Å². The van der Waals surface area contributed by atoms with Crippen molar-refractivity contribution in [3.05, 3.63) is 71.8 Å². The lowest BCUT2D eigenvalue weighted by Gasteiger charge is -2.27. The van der Waals surface area contributed by atoms with Gasteiger partial charge in [-0.05, 0) is 6.04 Å². The number of rotatable bonds is 3. The van der Waals surface area contributed by atoms with Crippen molar-refractivity contribution in [2.45, 2.75) is 31.9 Å². The average Bonchev–Trinajstić information content (AvgIpc) is 3.03. The van der Waals surface area contributed by atoms with Crippen LogP contribution < -0.4 is 5.73 Å². The number of benzene rings is 2. The van der Waals surface area contributed by atoms with E-state index in [0.717, 1.165) is 11.1 Å². The van der Waals surface area contributed by atoms with E-state index in [2.05, 4.69) is 5.16 Å². The first kappa shape index (κ1) is 17.7. The molecule has 5 heteroatoms. The van der Waals surface area contributed by atoms with E-state index >= 15 is 0 Å². The van der Waals surface area contributed by atoms with Gasteiger partial charge in [0.2, 0.25) is 0 Å². The van der Waals surface area contributed by atoms with Crippen molar-refractivity contribution in [2.75, 3.05) is 0 Å². The van der Waals surface area contributed by atoms with Gasteiger partial charge in [0.25, 0.3) is 0 Å². The summed E-state index contributed by atoms with van der Waals surface area (Å²) in [6.07, 6.45) is 0.219. The fourth-order valence-electron chi connectivity index (χ4n) is 2.44. The number of carboxylic acids is 1. The lowest BCUT2D eigenvalue weighted by atomic mass is 9.82. The molecule has 0 radical (unpaired) electrons. The Morgan fingerprint density at radius 3 is 1.83 bits per heavy atom. The van der Waals surface area contributed by atoms with Gasteiger partial charge in [-0.25, -0.2) is 4.79 Å². The summed E-state index contributed by atoms with van der Waals surface area (Å²) in [6.45, 7) is 3.89. The van der Waals surface area contributed by atoms with E-state index in [1.54, 1.807) is 0 Å². The Kier molecular flexibility index (Phi) is 5.71. The highest BCUT2D eigenvalue weighted by Crippen LogP contribution is 2.41. The topological polar surface area (TPSA) is 84.9 Å². The van der Waals surface area contributed by atoms with Crippen molar-refractivity contribution in [3.8, 4) is 0 Å². The number of hydrogen-bond acceptors (Lipinski definition) is 4. The Morgan fingerprint density at radius 1 is 1.08 bits per heavy atom. The summed E-state index contributed by atoms with van der Waals surface area (Å²) in [6, 6.07) is 19.5. The number of aliphatic carboxylic acids is 1. The summed E-state index contributed by atoms with van der Waals surface area (Å²) in [5.74, 6) is -1.04. The summed E-state index contributed by atoms with van der Waals surface area (Å²) < 4.78 is 0. The largest absolute Gasteiger partial charge is 0.477 e. The molecule has 3 N–H and O–H groups in total. The van der Waals surface area contributed by atoms with Crippen LogP contribution in [0.3, 0.4) is 0 Å². The molecule has 0 amide bonds. The third-order valence-electron chi connectivity index (χ3n) is 3.46. The molecule has 0 atom stereocenters. The summed E-state index contributed by atoms with van der Waals surface area (Å²) in [7, 11) is 0. The maximum Gasteiger partial charge on any atom is 0.353 e. The maximum absolute atomic E-state index is 11.1. The summed E-state index contributed by atoms with van der Waals surface area (Å²) in [5.41, 5.74) is 6.09. The second-order valence-corrected chi connectivity index (χ2v) is 5.91.